The predicted octanol–water partition coefficient (Wildman–Crippen LogP) is 2.86. The Morgan fingerprint density at radius 2 is 1.96 bits per heavy atom. The van der Waals surface area contributed by atoms with Crippen LogP contribution in [0.1, 0.15) is 19.4 Å². The molecule has 0 bridgehead atoms. The van der Waals surface area contributed by atoms with Gasteiger partial charge in [0.25, 0.3) is 0 Å². The molecule has 0 aliphatic carbocycles. The minimum atomic E-state index is -0.352. The van der Waals surface area contributed by atoms with Crippen molar-refractivity contribution in [3.63, 3.8) is 0 Å². The van der Waals surface area contributed by atoms with Crippen molar-refractivity contribution in [1.29, 1.82) is 0 Å². The molecule has 0 saturated carbocycles. The van der Waals surface area contributed by atoms with Crippen molar-refractivity contribution >= 4 is 45.7 Å². The number of likely N-dealkylation sites (N-methyl/N-ethyl adjacent to an activating group) is 1. The van der Waals surface area contributed by atoms with Crippen molar-refractivity contribution < 1.29 is 9.59 Å². The number of amides is 2. The largest absolute Gasteiger partial charge is 0.360 e. The molecular formula is C17H23N5O2S2. The number of aryl methyl sites for hydroxylation is 1. The molecule has 1 aromatic carbocycles. The molecule has 0 unspecified atom stereocenters. The molecule has 2 aromatic rings. The fourth-order valence-electron chi connectivity index (χ4n) is 2.12. The smallest absolute Gasteiger partial charge is 0.243 e. The van der Waals surface area contributed by atoms with E-state index in [4.69, 9.17) is 0 Å². The monoisotopic (exact) mass is 393 g/mol. The third-order valence-electron chi connectivity index (χ3n) is 3.45. The minimum absolute atomic E-state index is 0.00360. The molecule has 0 aliphatic rings. The van der Waals surface area contributed by atoms with Gasteiger partial charge in [-0.2, -0.15) is 0 Å². The lowest BCUT2D eigenvalue weighted by atomic mass is 10.2. The number of thioether (sulfide) groups is 1. The second kappa shape index (κ2) is 9.54. The summed E-state index contributed by atoms with van der Waals surface area (Å²) in [5, 5.41) is 14.3. The average Bonchev–Trinajstić information content (AvgIpc) is 3.03. The molecule has 0 aliphatic heterocycles. The van der Waals surface area contributed by atoms with Gasteiger partial charge in [-0.05, 0) is 32.9 Å². The second-order valence-electron chi connectivity index (χ2n) is 5.77. The number of aromatic nitrogens is 2. The van der Waals surface area contributed by atoms with Crippen molar-refractivity contribution in [3.8, 4) is 0 Å². The molecule has 0 spiro atoms. The number of carbonyl (C=O) groups excluding carboxylic acids is 2. The number of nitrogens with one attached hydrogen (secondary N) is 2. The van der Waals surface area contributed by atoms with Gasteiger partial charge in [-0.25, -0.2) is 0 Å². The molecule has 1 atom stereocenters. The fourth-order valence-corrected chi connectivity index (χ4v) is 4.20. The minimum Gasteiger partial charge on any atom is -0.360 e. The zero-order chi connectivity index (χ0) is 19.1. The molecule has 2 amide bonds. The Balaban J connectivity index is 1.84. The maximum absolute atomic E-state index is 12.5. The van der Waals surface area contributed by atoms with Gasteiger partial charge in [-0.15, -0.1) is 10.2 Å². The Morgan fingerprint density at radius 3 is 2.62 bits per heavy atom. The third kappa shape index (κ3) is 5.99. The number of carbonyl (C=O) groups is 2. The van der Waals surface area contributed by atoms with Gasteiger partial charge in [-0.3, -0.25) is 9.59 Å². The molecule has 7 nitrogen and oxygen atoms in total. The average molecular weight is 394 g/mol. The van der Waals surface area contributed by atoms with Gasteiger partial charge in [-0.1, -0.05) is 40.8 Å². The lowest BCUT2D eigenvalue weighted by Gasteiger charge is -2.20. The van der Waals surface area contributed by atoms with Gasteiger partial charge in [0, 0.05) is 19.3 Å². The van der Waals surface area contributed by atoms with Gasteiger partial charge in [0.2, 0.25) is 16.9 Å². The van der Waals surface area contributed by atoms with Crippen LogP contribution in [0.4, 0.5) is 10.8 Å². The summed E-state index contributed by atoms with van der Waals surface area (Å²) in [7, 11) is 1.62. The van der Waals surface area contributed by atoms with Crippen molar-refractivity contribution in [2.75, 3.05) is 30.8 Å². The first-order valence-corrected chi connectivity index (χ1v) is 9.94. The molecule has 1 heterocycles. The van der Waals surface area contributed by atoms with E-state index in [9.17, 15) is 9.59 Å². The number of nitrogens with zero attached hydrogens (tertiary/aromatic N) is 3. The van der Waals surface area contributed by atoms with E-state index in [0.29, 0.717) is 5.69 Å². The van der Waals surface area contributed by atoms with Crippen LogP contribution in [-0.4, -0.2) is 52.3 Å². The maximum atomic E-state index is 12.5. The van der Waals surface area contributed by atoms with Crippen LogP contribution in [0.5, 0.6) is 0 Å². The summed E-state index contributed by atoms with van der Waals surface area (Å²) in [6.07, 6.45) is 0. The number of hydrogen-bond donors (Lipinski definition) is 2. The normalized spacial score (nSPS) is 11.7. The Labute approximate surface area is 161 Å². The summed E-state index contributed by atoms with van der Waals surface area (Å²) in [5.74, 6) is -0.360. The van der Waals surface area contributed by atoms with Gasteiger partial charge in [0.05, 0.1) is 11.8 Å². The second-order valence-corrected chi connectivity index (χ2v) is 8.34. The fraction of sp³-hybridized carbons (Fsp3) is 0.412. The quantitative estimate of drug-likeness (QED) is 0.671. The van der Waals surface area contributed by atoms with Crippen LogP contribution in [0.2, 0.25) is 0 Å². The van der Waals surface area contributed by atoms with Crippen LogP contribution >= 0.6 is 23.1 Å². The van der Waals surface area contributed by atoms with E-state index < -0.39 is 0 Å². The van der Waals surface area contributed by atoms with Crippen LogP contribution < -0.4 is 10.6 Å². The van der Waals surface area contributed by atoms with Gasteiger partial charge in [0.15, 0.2) is 4.34 Å². The van der Waals surface area contributed by atoms with Crippen molar-refractivity contribution in [1.82, 2.24) is 15.1 Å². The summed E-state index contributed by atoms with van der Waals surface area (Å²) in [6.45, 7) is 6.53. The summed E-state index contributed by atoms with van der Waals surface area (Å²) >= 11 is 2.75. The molecule has 0 radical (unpaired) electrons. The molecule has 26 heavy (non-hydrogen) atoms. The first kappa shape index (κ1) is 20.2. The molecule has 1 aromatic heterocycles. The molecule has 140 valence electrons. The highest BCUT2D eigenvalue weighted by atomic mass is 32.2. The SMILES string of the molecule is CCNc1nnc(S[C@H](C)C(=O)N(C)CC(=O)Nc2ccc(C)cc2)s1. The number of anilines is 2. The zero-order valence-electron chi connectivity index (χ0n) is 15.3. The van der Waals surface area contributed by atoms with Crippen molar-refractivity contribution in [2.24, 2.45) is 0 Å². The summed E-state index contributed by atoms with van der Waals surface area (Å²) in [4.78, 5) is 26.0. The van der Waals surface area contributed by atoms with Crippen LogP contribution in [0, 0.1) is 6.92 Å². The van der Waals surface area contributed by atoms with E-state index in [2.05, 4.69) is 20.8 Å². The highest BCUT2D eigenvalue weighted by Gasteiger charge is 2.22. The highest BCUT2D eigenvalue weighted by molar-refractivity contribution is 8.02. The van der Waals surface area contributed by atoms with E-state index in [0.717, 1.165) is 21.6 Å². The summed E-state index contributed by atoms with van der Waals surface area (Å²) in [6, 6.07) is 7.52. The maximum Gasteiger partial charge on any atom is 0.243 e. The van der Waals surface area contributed by atoms with Crippen molar-refractivity contribution in [3.05, 3.63) is 29.8 Å². The molecule has 2 N–H and O–H groups in total. The van der Waals surface area contributed by atoms with E-state index >= 15 is 0 Å². The lowest BCUT2D eigenvalue weighted by Crippen LogP contribution is -2.38. The molecule has 2 rings (SSSR count). The Bertz CT molecular complexity index is 748. The Hall–Kier alpha value is -2.13. The van der Waals surface area contributed by atoms with Gasteiger partial charge >= 0.3 is 0 Å². The zero-order valence-corrected chi connectivity index (χ0v) is 16.9. The van der Waals surface area contributed by atoms with Crippen LogP contribution in [-0.2, 0) is 9.59 Å². The molecular weight excluding hydrogens is 370 g/mol. The van der Waals surface area contributed by atoms with Crippen LogP contribution in [0.3, 0.4) is 0 Å². The topological polar surface area (TPSA) is 87.2 Å². The summed E-state index contributed by atoms with van der Waals surface area (Å²) < 4.78 is 0.722. The number of hydrogen-bond acceptors (Lipinski definition) is 7. The standard InChI is InChI=1S/C17H23N5O2S2/c1-5-18-16-20-21-17(26-16)25-12(3)15(24)22(4)10-14(23)19-13-8-6-11(2)7-9-13/h6-9,12H,5,10H2,1-4H3,(H,18,20)(H,19,23)/t12-/m1/s1. The van der Waals surface area contributed by atoms with E-state index in [1.807, 2.05) is 38.1 Å². The van der Waals surface area contributed by atoms with Crippen LogP contribution in [0.15, 0.2) is 28.6 Å². The van der Waals surface area contributed by atoms with Gasteiger partial charge < -0.3 is 15.5 Å². The summed E-state index contributed by atoms with van der Waals surface area (Å²) in [5.41, 5.74) is 1.84. The number of rotatable bonds is 8. The van der Waals surface area contributed by atoms with Crippen LogP contribution in [0.25, 0.3) is 0 Å². The lowest BCUT2D eigenvalue weighted by molar-refractivity contribution is -0.132. The molecule has 0 fully saturated rings. The van der Waals surface area contributed by atoms with Gasteiger partial charge in [0.1, 0.15) is 0 Å². The number of benzene rings is 1. The third-order valence-corrected chi connectivity index (χ3v) is 5.50. The van der Waals surface area contributed by atoms with Crippen molar-refractivity contribution in [2.45, 2.75) is 30.4 Å². The highest BCUT2D eigenvalue weighted by Crippen LogP contribution is 2.29. The first-order chi connectivity index (χ1) is 12.4. The predicted molar refractivity (Wildman–Crippen MR) is 107 cm³/mol. The first-order valence-electron chi connectivity index (χ1n) is 8.24. The van der Waals surface area contributed by atoms with E-state index in [-0.39, 0.29) is 23.6 Å². The van der Waals surface area contributed by atoms with E-state index in [1.165, 1.54) is 28.0 Å². The molecule has 0 saturated heterocycles. The Kier molecular flexibility index (Phi) is 7.40. The Morgan fingerprint density at radius 1 is 1.27 bits per heavy atom. The molecule has 9 heteroatoms. The van der Waals surface area contributed by atoms with E-state index in [1.54, 1.807) is 14.0 Å².